The molecule has 0 radical (unpaired) electrons. The van der Waals surface area contributed by atoms with Crippen LogP contribution < -0.4 is 5.32 Å². The topological polar surface area (TPSA) is 45.2 Å². The third-order valence-corrected chi connectivity index (χ3v) is 7.66. The van der Waals surface area contributed by atoms with Crippen molar-refractivity contribution in [2.24, 2.45) is 0 Å². The Bertz CT molecular complexity index is 1250. The molecule has 0 unspecified atom stereocenters. The molecule has 2 aromatic carbocycles. The molecule has 36 heavy (non-hydrogen) atoms. The summed E-state index contributed by atoms with van der Waals surface area (Å²) >= 11 is 6.98. The zero-order valence-electron chi connectivity index (χ0n) is 19.6. The van der Waals surface area contributed by atoms with Crippen molar-refractivity contribution in [1.29, 1.82) is 0 Å². The minimum atomic E-state index is -4.45. The van der Waals surface area contributed by atoms with E-state index in [-0.39, 0.29) is 11.8 Å². The van der Waals surface area contributed by atoms with Gasteiger partial charge in [0.1, 0.15) is 5.69 Å². The van der Waals surface area contributed by atoms with E-state index in [0.717, 1.165) is 60.9 Å². The van der Waals surface area contributed by atoms with Crippen molar-refractivity contribution in [3.63, 3.8) is 0 Å². The molecule has 0 atom stereocenters. The number of carbonyl (C=O) groups is 1. The predicted molar refractivity (Wildman–Crippen MR) is 143 cm³/mol. The maximum absolute atomic E-state index is 13.2. The number of alkyl halides is 3. The summed E-state index contributed by atoms with van der Waals surface area (Å²) in [5.74, 6) is -0.118. The number of thiocarbonyl (C=S) groups is 1. The molecule has 0 saturated carbocycles. The first kappa shape index (κ1) is 26.0. The number of thiazole rings is 1. The molecule has 1 aliphatic rings. The summed E-state index contributed by atoms with van der Waals surface area (Å²) < 4.78 is 39.6. The molecular formula is C27H26F3N3OS2. The van der Waals surface area contributed by atoms with Crippen LogP contribution in [0.5, 0.6) is 0 Å². The maximum Gasteiger partial charge on any atom is 0.416 e. The van der Waals surface area contributed by atoms with Gasteiger partial charge in [0.2, 0.25) is 0 Å². The molecule has 1 N–H and O–H groups in total. The number of halogens is 3. The van der Waals surface area contributed by atoms with Crippen LogP contribution in [0.3, 0.4) is 0 Å². The summed E-state index contributed by atoms with van der Waals surface area (Å²) in [6.07, 6.45) is 0.979. The number of anilines is 1. The lowest BCUT2D eigenvalue weighted by molar-refractivity contribution is -0.137. The number of aromatic nitrogens is 1. The highest BCUT2D eigenvalue weighted by molar-refractivity contribution is 7.80. The number of piperidine rings is 1. The quantitative estimate of drug-likeness (QED) is 0.254. The predicted octanol–water partition coefficient (Wildman–Crippen LogP) is 7.55. The molecule has 2 heterocycles. The molecule has 0 bridgehead atoms. The highest BCUT2D eigenvalue weighted by atomic mass is 32.1. The van der Waals surface area contributed by atoms with E-state index < -0.39 is 11.7 Å². The van der Waals surface area contributed by atoms with E-state index in [0.29, 0.717) is 22.5 Å². The third-order valence-electron chi connectivity index (χ3n) is 6.19. The average molecular weight is 530 g/mol. The van der Waals surface area contributed by atoms with E-state index in [4.69, 9.17) is 12.2 Å². The number of nitrogens with one attached hydrogen (secondary N) is 1. The van der Waals surface area contributed by atoms with Crippen LogP contribution in [0.2, 0.25) is 0 Å². The lowest BCUT2D eigenvalue weighted by Crippen LogP contribution is -2.36. The number of rotatable bonds is 7. The molecule has 1 aromatic heterocycles. The summed E-state index contributed by atoms with van der Waals surface area (Å²) in [7, 11) is 0. The van der Waals surface area contributed by atoms with Crippen molar-refractivity contribution in [1.82, 2.24) is 9.88 Å². The second-order valence-corrected chi connectivity index (χ2v) is 9.99. The van der Waals surface area contributed by atoms with E-state index in [1.54, 1.807) is 35.7 Å². The number of allylic oxidation sites excluding steroid dienone is 1. The van der Waals surface area contributed by atoms with Gasteiger partial charge in [-0.1, -0.05) is 48.6 Å². The smallest absolute Gasteiger partial charge is 0.366 e. The lowest BCUT2D eigenvalue weighted by Gasteiger charge is -2.33. The highest BCUT2D eigenvalue weighted by Gasteiger charge is 2.30. The second-order valence-electron chi connectivity index (χ2n) is 8.63. The van der Waals surface area contributed by atoms with Gasteiger partial charge >= 0.3 is 6.18 Å². The van der Waals surface area contributed by atoms with Crippen LogP contribution in [-0.4, -0.2) is 33.9 Å². The Hall–Kier alpha value is -3.04. The van der Waals surface area contributed by atoms with Gasteiger partial charge < -0.3 is 10.2 Å². The van der Waals surface area contributed by atoms with Crippen LogP contribution in [0, 0.1) is 0 Å². The number of nitrogens with zero attached hydrogens (tertiary/aromatic N) is 2. The van der Waals surface area contributed by atoms with Crippen LogP contribution >= 0.6 is 23.6 Å². The largest absolute Gasteiger partial charge is 0.416 e. The van der Waals surface area contributed by atoms with E-state index in [1.807, 2.05) is 6.08 Å². The van der Waals surface area contributed by atoms with Gasteiger partial charge in [-0.3, -0.25) is 4.79 Å². The van der Waals surface area contributed by atoms with E-state index in [1.165, 1.54) is 17.4 Å². The number of benzene rings is 2. The van der Waals surface area contributed by atoms with Crippen LogP contribution in [0.15, 0.2) is 66.6 Å². The molecule has 1 aliphatic heterocycles. The average Bonchev–Trinajstić information content (AvgIpc) is 3.38. The van der Waals surface area contributed by atoms with Gasteiger partial charge in [-0.15, -0.1) is 17.9 Å². The number of hydrogen-bond donors (Lipinski definition) is 1. The van der Waals surface area contributed by atoms with E-state index >= 15 is 0 Å². The van der Waals surface area contributed by atoms with Crippen molar-refractivity contribution in [3.8, 4) is 11.1 Å². The van der Waals surface area contributed by atoms with Crippen molar-refractivity contribution in [2.75, 3.05) is 18.4 Å². The minimum absolute atomic E-state index is 0.271. The van der Waals surface area contributed by atoms with Crippen LogP contribution in [-0.2, 0) is 6.18 Å². The molecule has 0 aliphatic carbocycles. The second kappa shape index (κ2) is 11.3. The lowest BCUT2D eigenvalue weighted by atomic mass is 9.97. The summed E-state index contributed by atoms with van der Waals surface area (Å²) in [5.41, 5.74) is 0.873. The van der Waals surface area contributed by atoms with Crippen molar-refractivity contribution < 1.29 is 18.0 Å². The standard InChI is InChI=1S/C27H26F3N3OS2/c1-2-3-11-24(35)33-14-12-18(13-15-33)26-32-23(17-36-26)25(34)31-22-10-5-4-9-21(22)19-7-6-8-20(16-19)27(28,29)30/h2,4-10,16-18H,1,3,11-15H2,(H,31,34). The van der Waals surface area contributed by atoms with E-state index in [9.17, 15) is 18.0 Å². The molecule has 4 nitrogen and oxygen atoms in total. The monoisotopic (exact) mass is 529 g/mol. The van der Waals surface area contributed by atoms with Crippen molar-refractivity contribution in [3.05, 3.63) is 82.8 Å². The van der Waals surface area contributed by atoms with Gasteiger partial charge in [-0.2, -0.15) is 13.2 Å². The Balaban J connectivity index is 1.43. The molecular weight excluding hydrogens is 503 g/mol. The van der Waals surface area contributed by atoms with Gasteiger partial charge in [0.25, 0.3) is 5.91 Å². The third kappa shape index (κ3) is 6.20. The zero-order chi connectivity index (χ0) is 25.7. The van der Waals surface area contributed by atoms with Gasteiger partial charge in [0.15, 0.2) is 0 Å². The van der Waals surface area contributed by atoms with Crippen molar-refractivity contribution >= 4 is 40.1 Å². The molecule has 0 spiro atoms. The number of carbonyl (C=O) groups excluding carboxylic acids is 1. The van der Waals surface area contributed by atoms with Gasteiger partial charge in [-0.05, 0) is 43.0 Å². The Labute approximate surface area is 217 Å². The highest BCUT2D eigenvalue weighted by Crippen LogP contribution is 2.35. The molecule has 1 fully saturated rings. The van der Waals surface area contributed by atoms with Crippen LogP contribution in [0.1, 0.15) is 52.7 Å². The first-order valence-electron chi connectivity index (χ1n) is 11.7. The van der Waals surface area contributed by atoms with Gasteiger partial charge in [0.05, 0.1) is 15.6 Å². The van der Waals surface area contributed by atoms with Crippen LogP contribution in [0.25, 0.3) is 11.1 Å². The number of amides is 1. The molecule has 3 aromatic rings. The first-order valence-corrected chi connectivity index (χ1v) is 13.0. The fourth-order valence-electron chi connectivity index (χ4n) is 4.23. The summed E-state index contributed by atoms with van der Waals surface area (Å²) in [4.78, 5) is 20.8. The molecule has 4 rings (SSSR count). The number of hydrogen-bond acceptors (Lipinski definition) is 4. The Morgan fingerprint density at radius 3 is 2.67 bits per heavy atom. The first-order chi connectivity index (χ1) is 17.3. The SMILES string of the molecule is C=CCCC(=S)N1CCC(c2nc(C(=O)Nc3ccccc3-c3cccc(C(F)(F)F)c3)cs2)CC1. The molecule has 188 valence electrons. The zero-order valence-corrected chi connectivity index (χ0v) is 21.2. The summed E-state index contributed by atoms with van der Waals surface area (Å²) in [6, 6.07) is 11.9. The summed E-state index contributed by atoms with van der Waals surface area (Å²) in [6.45, 7) is 5.48. The molecule has 1 saturated heterocycles. The fraction of sp³-hybridized carbons (Fsp3) is 0.296. The minimum Gasteiger partial charge on any atom is -0.366 e. The normalized spacial score (nSPS) is 14.5. The van der Waals surface area contributed by atoms with Crippen molar-refractivity contribution in [2.45, 2.75) is 37.8 Å². The van der Waals surface area contributed by atoms with E-state index in [2.05, 4.69) is 21.8 Å². The van der Waals surface area contributed by atoms with Crippen LogP contribution in [0.4, 0.5) is 18.9 Å². The maximum atomic E-state index is 13.2. The fourth-order valence-corrected chi connectivity index (χ4v) is 5.50. The Kier molecular flexibility index (Phi) is 8.21. The molecule has 9 heteroatoms. The van der Waals surface area contributed by atoms with Gasteiger partial charge in [0, 0.05) is 42.1 Å². The number of para-hydroxylation sites is 1. The Morgan fingerprint density at radius 2 is 1.94 bits per heavy atom. The molecule has 1 amide bonds. The summed E-state index contributed by atoms with van der Waals surface area (Å²) in [5, 5.41) is 5.49. The Morgan fingerprint density at radius 1 is 1.19 bits per heavy atom. The van der Waals surface area contributed by atoms with Gasteiger partial charge in [-0.25, -0.2) is 4.98 Å². The number of likely N-dealkylation sites (tertiary alicyclic amines) is 1.